The highest BCUT2D eigenvalue weighted by atomic mass is 32.2. The normalized spacial score (nSPS) is 24.0. The van der Waals surface area contributed by atoms with Crippen LogP contribution in [0.4, 0.5) is 0 Å². The second kappa shape index (κ2) is 4.67. The van der Waals surface area contributed by atoms with Crippen molar-refractivity contribution in [2.75, 3.05) is 12.8 Å². The maximum atomic E-state index is 10.1. The van der Waals surface area contributed by atoms with E-state index in [4.69, 9.17) is 5.73 Å². The van der Waals surface area contributed by atoms with E-state index in [1.165, 1.54) is 0 Å². The van der Waals surface area contributed by atoms with Crippen molar-refractivity contribution in [2.24, 2.45) is 11.7 Å². The lowest BCUT2D eigenvalue weighted by atomic mass is 9.94. The summed E-state index contributed by atoms with van der Waals surface area (Å²) in [7, 11) is 0. The van der Waals surface area contributed by atoms with Gasteiger partial charge in [0.05, 0.1) is 6.10 Å². The molecule has 0 radical (unpaired) electrons. The van der Waals surface area contributed by atoms with Crippen molar-refractivity contribution in [2.45, 2.75) is 43.5 Å². The molecule has 3 heteroatoms. The zero-order chi connectivity index (χ0) is 9.90. The van der Waals surface area contributed by atoms with Crippen LogP contribution in [0.3, 0.4) is 0 Å². The van der Waals surface area contributed by atoms with Gasteiger partial charge in [-0.1, -0.05) is 13.3 Å². The molecule has 0 aliphatic heterocycles. The Hall–Kier alpha value is 0.270. The lowest BCUT2D eigenvalue weighted by Gasteiger charge is -2.27. The maximum absolute atomic E-state index is 10.1. The molecular formula is C10H21NOS. The van der Waals surface area contributed by atoms with E-state index in [0.717, 1.165) is 25.7 Å². The number of aliphatic hydroxyl groups is 1. The molecule has 0 spiro atoms. The van der Waals surface area contributed by atoms with E-state index < -0.39 is 0 Å². The van der Waals surface area contributed by atoms with Gasteiger partial charge in [-0.15, -0.1) is 0 Å². The van der Waals surface area contributed by atoms with Crippen LogP contribution in [-0.2, 0) is 0 Å². The zero-order valence-electron chi connectivity index (χ0n) is 8.62. The summed E-state index contributed by atoms with van der Waals surface area (Å²) in [4.78, 5) is 0. The molecule has 2 nitrogen and oxygen atoms in total. The van der Waals surface area contributed by atoms with Crippen molar-refractivity contribution < 1.29 is 5.11 Å². The molecular weight excluding hydrogens is 182 g/mol. The lowest BCUT2D eigenvalue weighted by molar-refractivity contribution is 0.0968. The number of hydrogen-bond acceptors (Lipinski definition) is 3. The van der Waals surface area contributed by atoms with Crippen LogP contribution in [0.5, 0.6) is 0 Å². The monoisotopic (exact) mass is 203 g/mol. The van der Waals surface area contributed by atoms with Crippen LogP contribution in [0.2, 0.25) is 0 Å². The molecule has 1 fully saturated rings. The number of thioether (sulfide) groups is 1. The largest absolute Gasteiger partial charge is 0.391 e. The van der Waals surface area contributed by atoms with Crippen molar-refractivity contribution in [1.82, 2.24) is 0 Å². The van der Waals surface area contributed by atoms with Crippen LogP contribution in [-0.4, -0.2) is 28.8 Å². The summed E-state index contributed by atoms with van der Waals surface area (Å²) in [5.74, 6) is 0.306. The molecule has 1 aliphatic carbocycles. The summed E-state index contributed by atoms with van der Waals surface area (Å²) in [6.45, 7) is 2.77. The lowest BCUT2D eigenvalue weighted by Crippen LogP contribution is -2.37. The predicted octanol–water partition coefficient (Wildman–Crippen LogP) is 1.62. The fourth-order valence-electron chi connectivity index (χ4n) is 1.95. The Morgan fingerprint density at radius 3 is 2.46 bits per heavy atom. The van der Waals surface area contributed by atoms with E-state index in [1.807, 2.05) is 11.8 Å². The Labute approximate surface area is 85.3 Å². The quantitative estimate of drug-likeness (QED) is 0.689. The minimum atomic E-state index is -0.188. The summed E-state index contributed by atoms with van der Waals surface area (Å²) in [6.07, 6.45) is 6.40. The first-order valence-corrected chi connectivity index (χ1v) is 6.36. The molecule has 0 heterocycles. The Bertz CT molecular complexity index is 159. The van der Waals surface area contributed by atoms with Crippen LogP contribution in [0.15, 0.2) is 0 Å². The Morgan fingerprint density at radius 2 is 2.15 bits per heavy atom. The van der Waals surface area contributed by atoms with E-state index in [1.54, 1.807) is 0 Å². The van der Waals surface area contributed by atoms with Crippen molar-refractivity contribution in [3.05, 3.63) is 0 Å². The van der Waals surface area contributed by atoms with Crippen LogP contribution in [0.1, 0.15) is 32.6 Å². The van der Waals surface area contributed by atoms with Gasteiger partial charge in [0.1, 0.15) is 0 Å². The molecule has 1 aliphatic rings. The molecule has 0 saturated heterocycles. The molecule has 1 saturated carbocycles. The van der Waals surface area contributed by atoms with Gasteiger partial charge in [0.2, 0.25) is 0 Å². The highest BCUT2D eigenvalue weighted by molar-refractivity contribution is 8.00. The summed E-state index contributed by atoms with van der Waals surface area (Å²) in [6, 6.07) is 0. The highest BCUT2D eigenvalue weighted by Gasteiger charge is 2.50. The molecule has 3 N–H and O–H groups in total. The number of rotatable bonds is 6. The molecule has 0 bridgehead atoms. The third kappa shape index (κ3) is 2.39. The van der Waals surface area contributed by atoms with Gasteiger partial charge in [0, 0.05) is 4.75 Å². The van der Waals surface area contributed by atoms with E-state index in [2.05, 4.69) is 13.2 Å². The number of nitrogens with two attached hydrogens (primary N) is 1. The van der Waals surface area contributed by atoms with E-state index in [-0.39, 0.29) is 10.9 Å². The number of aliphatic hydroxyl groups excluding tert-OH is 1. The SMILES string of the molecule is CCCC(CN)C(O)C1(SC)CC1. The van der Waals surface area contributed by atoms with Gasteiger partial charge in [0.25, 0.3) is 0 Å². The topological polar surface area (TPSA) is 46.2 Å². The first-order chi connectivity index (χ1) is 6.20. The van der Waals surface area contributed by atoms with Crippen LogP contribution in [0, 0.1) is 5.92 Å². The fourth-order valence-corrected chi connectivity index (χ4v) is 2.89. The highest BCUT2D eigenvalue weighted by Crippen LogP contribution is 2.52. The molecule has 0 aromatic heterocycles. The van der Waals surface area contributed by atoms with Crippen LogP contribution >= 0.6 is 11.8 Å². The van der Waals surface area contributed by atoms with E-state index >= 15 is 0 Å². The minimum Gasteiger partial charge on any atom is -0.391 e. The van der Waals surface area contributed by atoms with Gasteiger partial charge in [-0.25, -0.2) is 0 Å². The average molecular weight is 203 g/mol. The van der Waals surface area contributed by atoms with E-state index in [9.17, 15) is 5.11 Å². The maximum Gasteiger partial charge on any atom is 0.0726 e. The summed E-state index contributed by atoms with van der Waals surface area (Å²) in [5.41, 5.74) is 5.67. The molecule has 0 aromatic rings. The number of hydrogen-bond donors (Lipinski definition) is 2. The predicted molar refractivity (Wildman–Crippen MR) is 58.9 cm³/mol. The van der Waals surface area contributed by atoms with Crippen LogP contribution < -0.4 is 5.73 Å². The third-order valence-corrected chi connectivity index (χ3v) is 4.56. The van der Waals surface area contributed by atoms with Gasteiger partial charge in [-0.2, -0.15) is 11.8 Å². The van der Waals surface area contributed by atoms with Crippen molar-refractivity contribution >= 4 is 11.8 Å². The first-order valence-electron chi connectivity index (χ1n) is 5.13. The third-order valence-electron chi connectivity index (χ3n) is 3.10. The molecule has 78 valence electrons. The fraction of sp³-hybridized carbons (Fsp3) is 1.00. The van der Waals surface area contributed by atoms with Gasteiger partial charge in [0.15, 0.2) is 0 Å². The van der Waals surface area contributed by atoms with Crippen molar-refractivity contribution in [1.29, 1.82) is 0 Å². The Morgan fingerprint density at radius 1 is 1.54 bits per heavy atom. The van der Waals surface area contributed by atoms with Gasteiger partial charge in [-0.05, 0) is 38.0 Å². The minimum absolute atomic E-state index is 0.166. The molecule has 0 aromatic carbocycles. The van der Waals surface area contributed by atoms with E-state index in [0.29, 0.717) is 12.5 Å². The molecule has 13 heavy (non-hydrogen) atoms. The Balaban J connectivity index is 2.48. The second-order valence-corrected chi connectivity index (χ2v) is 5.22. The Kier molecular flexibility index (Phi) is 4.07. The molecule has 0 amide bonds. The van der Waals surface area contributed by atoms with Gasteiger partial charge in [-0.3, -0.25) is 0 Å². The molecule has 1 rings (SSSR count). The first kappa shape index (κ1) is 11.3. The summed E-state index contributed by atoms with van der Waals surface area (Å²) >= 11 is 1.81. The second-order valence-electron chi connectivity index (χ2n) is 4.00. The van der Waals surface area contributed by atoms with Crippen molar-refractivity contribution in [3.63, 3.8) is 0 Å². The average Bonchev–Trinajstić information content (AvgIpc) is 2.93. The van der Waals surface area contributed by atoms with Crippen molar-refractivity contribution in [3.8, 4) is 0 Å². The van der Waals surface area contributed by atoms with Gasteiger partial charge >= 0.3 is 0 Å². The smallest absolute Gasteiger partial charge is 0.0726 e. The molecule has 2 atom stereocenters. The van der Waals surface area contributed by atoms with Crippen LogP contribution in [0.25, 0.3) is 0 Å². The summed E-state index contributed by atoms with van der Waals surface area (Å²) in [5, 5.41) is 10.1. The molecule has 2 unspecified atom stereocenters. The zero-order valence-corrected chi connectivity index (χ0v) is 9.44. The standard InChI is InChI=1S/C10H21NOS/c1-3-4-8(7-11)9(12)10(13-2)5-6-10/h8-9,12H,3-7,11H2,1-2H3. The van der Waals surface area contributed by atoms with Gasteiger partial charge < -0.3 is 10.8 Å². The summed E-state index contributed by atoms with van der Waals surface area (Å²) < 4.78 is 0.166.